The van der Waals surface area contributed by atoms with Crippen LogP contribution in [0, 0.1) is 11.2 Å². The second-order valence-corrected chi connectivity index (χ2v) is 11.3. The van der Waals surface area contributed by atoms with E-state index in [1.165, 1.54) is 18.2 Å². The van der Waals surface area contributed by atoms with Gasteiger partial charge in [0.2, 0.25) is 0 Å². The molecule has 0 bridgehead atoms. The zero-order valence-electron chi connectivity index (χ0n) is 22.1. The minimum absolute atomic E-state index is 0.0281. The van der Waals surface area contributed by atoms with Gasteiger partial charge in [0.05, 0.1) is 10.7 Å². The summed E-state index contributed by atoms with van der Waals surface area (Å²) in [6.07, 6.45) is -0.631. The van der Waals surface area contributed by atoms with E-state index in [4.69, 9.17) is 11.6 Å². The number of hydrogen-bond acceptors (Lipinski definition) is 4. The lowest BCUT2D eigenvalue weighted by Crippen LogP contribution is -2.61. The molecule has 1 saturated heterocycles. The maximum Gasteiger partial charge on any atom is 0.573 e. The number of anilines is 1. The molecule has 0 atom stereocenters. The first kappa shape index (κ1) is 27.4. The number of halogens is 5. The molecule has 6 nitrogen and oxygen atoms in total. The molecule has 2 aromatic heterocycles. The standard InChI is InChI=1S/C30H27ClF4N4O2/c1-2-25-27(39-15-21(31)6-10-26(39)37-25)28(40)36-14-19-3-7-22(11-24(19)32)38-16-29(17-38)12-20(13-29)18-4-8-23(9-5-18)41-30(33,34)35/h3-11,15,20H,2,12-14,16-17H2,1H3,(H,36,40). The smallest absolute Gasteiger partial charge is 0.406 e. The van der Waals surface area contributed by atoms with Crippen molar-refractivity contribution in [2.24, 2.45) is 5.41 Å². The number of ether oxygens (including phenoxy) is 1. The zero-order chi connectivity index (χ0) is 28.9. The molecule has 1 spiro atoms. The number of amides is 1. The second kappa shape index (κ2) is 10.2. The summed E-state index contributed by atoms with van der Waals surface area (Å²) in [7, 11) is 0. The second-order valence-electron chi connectivity index (χ2n) is 10.9. The zero-order valence-corrected chi connectivity index (χ0v) is 22.9. The van der Waals surface area contributed by atoms with Crippen LogP contribution in [0.5, 0.6) is 5.75 Å². The largest absolute Gasteiger partial charge is 0.573 e. The van der Waals surface area contributed by atoms with E-state index >= 15 is 4.39 Å². The summed E-state index contributed by atoms with van der Waals surface area (Å²) in [6, 6.07) is 14.6. The highest BCUT2D eigenvalue weighted by atomic mass is 35.5. The van der Waals surface area contributed by atoms with Gasteiger partial charge in [-0.3, -0.25) is 9.20 Å². The number of nitrogens with one attached hydrogen (secondary N) is 1. The molecule has 1 aliphatic heterocycles. The van der Waals surface area contributed by atoms with E-state index in [-0.39, 0.29) is 29.5 Å². The highest BCUT2D eigenvalue weighted by molar-refractivity contribution is 6.30. The molecule has 2 fully saturated rings. The van der Waals surface area contributed by atoms with Gasteiger partial charge in [-0.2, -0.15) is 0 Å². The predicted octanol–water partition coefficient (Wildman–Crippen LogP) is 6.90. The molecule has 4 aromatic rings. The minimum Gasteiger partial charge on any atom is -0.406 e. The van der Waals surface area contributed by atoms with Crippen molar-refractivity contribution < 1.29 is 27.1 Å². The topological polar surface area (TPSA) is 58.9 Å². The number of aromatic nitrogens is 2. The van der Waals surface area contributed by atoms with Gasteiger partial charge in [0.15, 0.2) is 0 Å². The molecular formula is C30H27ClF4N4O2. The lowest BCUT2D eigenvalue weighted by atomic mass is 9.56. The Hall–Kier alpha value is -3.79. The lowest BCUT2D eigenvalue weighted by Gasteiger charge is -2.60. The summed E-state index contributed by atoms with van der Waals surface area (Å²) in [5.74, 6) is -0.682. The van der Waals surface area contributed by atoms with Crippen LogP contribution in [-0.4, -0.2) is 34.7 Å². The van der Waals surface area contributed by atoms with Gasteiger partial charge in [-0.25, -0.2) is 9.37 Å². The SMILES string of the molecule is CCc1nc2ccc(Cl)cn2c1C(=O)NCc1ccc(N2CC3(CC(c4ccc(OC(F)(F)F)cc4)C3)C2)cc1F. The van der Waals surface area contributed by atoms with Gasteiger partial charge < -0.3 is 15.0 Å². The Morgan fingerprint density at radius 1 is 1.12 bits per heavy atom. The van der Waals surface area contributed by atoms with Crippen LogP contribution in [0.4, 0.5) is 23.2 Å². The summed E-state index contributed by atoms with van der Waals surface area (Å²) in [4.78, 5) is 19.7. The van der Waals surface area contributed by atoms with Crippen LogP contribution < -0.4 is 15.0 Å². The first-order chi connectivity index (χ1) is 19.5. The summed E-state index contributed by atoms with van der Waals surface area (Å²) in [5.41, 5.74) is 3.94. The van der Waals surface area contributed by atoms with Gasteiger partial charge in [-0.05, 0) is 67.1 Å². The number of carbonyl (C=O) groups excluding carboxylic acids is 1. The number of aryl methyl sites for hydroxylation is 1. The molecule has 2 aromatic carbocycles. The van der Waals surface area contributed by atoms with Gasteiger partial charge in [0.25, 0.3) is 5.91 Å². The van der Waals surface area contributed by atoms with E-state index < -0.39 is 12.2 Å². The molecule has 1 saturated carbocycles. The highest BCUT2D eigenvalue weighted by Crippen LogP contribution is 2.56. The number of pyridine rings is 1. The summed E-state index contributed by atoms with van der Waals surface area (Å²) < 4.78 is 57.8. The third kappa shape index (κ3) is 5.45. The van der Waals surface area contributed by atoms with Crippen LogP contribution in [0.25, 0.3) is 5.65 Å². The van der Waals surface area contributed by atoms with E-state index in [1.807, 2.05) is 13.0 Å². The maximum atomic E-state index is 15.0. The van der Waals surface area contributed by atoms with Crippen LogP contribution in [0.2, 0.25) is 5.02 Å². The molecule has 1 amide bonds. The third-order valence-electron chi connectivity index (χ3n) is 8.04. The van der Waals surface area contributed by atoms with Crippen LogP contribution in [-0.2, 0) is 13.0 Å². The first-order valence-corrected chi connectivity index (χ1v) is 13.7. The van der Waals surface area contributed by atoms with Crippen molar-refractivity contribution in [3.63, 3.8) is 0 Å². The number of rotatable bonds is 7. The molecule has 214 valence electrons. The van der Waals surface area contributed by atoms with Gasteiger partial charge in [0.1, 0.15) is 22.9 Å². The van der Waals surface area contributed by atoms with Crippen LogP contribution in [0.3, 0.4) is 0 Å². The van der Waals surface area contributed by atoms with Crippen LogP contribution in [0.1, 0.15) is 53.0 Å². The molecular weight excluding hydrogens is 560 g/mol. The maximum absolute atomic E-state index is 15.0. The molecule has 1 N–H and O–H groups in total. The average molecular weight is 587 g/mol. The highest BCUT2D eigenvalue weighted by Gasteiger charge is 2.52. The van der Waals surface area contributed by atoms with E-state index in [1.54, 1.807) is 40.9 Å². The van der Waals surface area contributed by atoms with Crippen molar-refractivity contribution in [2.45, 2.75) is 45.0 Å². The fraction of sp³-hybridized carbons (Fsp3) is 0.333. The van der Waals surface area contributed by atoms with Crippen molar-refractivity contribution in [3.05, 3.63) is 94.1 Å². The van der Waals surface area contributed by atoms with Crippen molar-refractivity contribution >= 4 is 28.8 Å². The molecule has 6 rings (SSSR count). The Kier molecular flexibility index (Phi) is 6.84. The Labute approximate surface area is 238 Å². The van der Waals surface area contributed by atoms with Gasteiger partial charge in [-0.1, -0.05) is 36.7 Å². The first-order valence-electron chi connectivity index (χ1n) is 13.4. The molecule has 11 heteroatoms. The average Bonchev–Trinajstić information content (AvgIpc) is 3.24. The number of hydrogen-bond donors (Lipinski definition) is 1. The fourth-order valence-corrected chi connectivity index (χ4v) is 6.22. The minimum atomic E-state index is -4.70. The van der Waals surface area contributed by atoms with Crippen molar-refractivity contribution in [2.75, 3.05) is 18.0 Å². The number of carbonyl (C=O) groups is 1. The van der Waals surface area contributed by atoms with Gasteiger partial charge in [0, 0.05) is 42.5 Å². The number of benzene rings is 2. The van der Waals surface area contributed by atoms with Crippen LogP contribution >= 0.6 is 11.6 Å². The monoisotopic (exact) mass is 586 g/mol. The molecule has 0 unspecified atom stereocenters. The molecule has 0 radical (unpaired) electrons. The Bertz CT molecular complexity index is 1610. The summed E-state index contributed by atoms with van der Waals surface area (Å²) >= 11 is 6.12. The van der Waals surface area contributed by atoms with E-state index in [9.17, 15) is 18.0 Å². The quantitative estimate of drug-likeness (QED) is 0.239. The number of fused-ring (bicyclic) bond motifs is 1. The number of nitrogens with zero attached hydrogens (tertiary/aromatic N) is 3. The van der Waals surface area contributed by atoms with Crippen molar-refractivity contribution in [1.82, 2.24) is 14.7 Å². The van der Waals surface area contributed by atoms with Gasteiger partial charge in [-0.15, -0.1) is 13.2 Å². The number of imidazole rings is 1. The van der Waals surface area contributed by atoms with Crippen molar-refractivity contribution in [1.29, 1.82) is 0 Å². The van der Waals surface area contributed by atoms with Gasteiger partial charge >= 0.3 is 6.36 Å². The lowest BCUT2D eigenvalue weighted by molar-refractivity contribution is -0.274. The van der Waals surface area contributed by atoms with Crippen LogP contribution in [0.15, 0.2) is 60.8 Å². The normalized spacial score (nSPS) is 16.5. The summed E-state index contributed by atoms with van der Waals surface area (Å²) in [5, 5.41) is 3.29. The molecule has 1 aliphatic carbocycles. The molecule has 2 aliphatic rings. The Morgan fingerprint density at radius 3 is 2.51 bits per heavy atom. The number of alkyl halides is 3. The van der Waals surface area contributed by atoms with E-state index in [0.29, 0.717) is 34.0 Å². The Balaban J connectivity index is 1.04. The summed E-state index contributed by atoms with van der Waals surface area (Å²) in [6.45, 7) is 3.53. The van der Waals surface area contributed by atoms with E-state index in [2.05, 4.69) is 19.9 Å². The fourth-order valence-electron chi connectivity index (χ4n) is 6.06. The molecule has 41 heavy (non-hydrogen) atoms. The third-order valence-corrected chi connectivity index (χ3v) is 8.27. The Morgan fingerprint density at radius 2 is 1.85 bits per heavy atom. The van der Waals surface area contributed by atoms with Crippen molar-refractivity contribution in [3.8, 4) is 5.75 Å². The predicted molar refractivity (Wildman–Crippen MR) is 147 cm³/mol. The van der Waals surface area contributed by atoms with E-state index in [0.717, 1.165) is 37.2 Å². The molecule has 3 heterocycles.